The van der Waals surface area contributed by atoms with E-state index in [4.69, 9.17) is 4.98 Å². The van der Waals surface area contributed by atoms with Crippen molar-refractivity contribution < 1.29 is 0 Å². The van der Waals surface area contributed by atoms with Crippen molar-refractivity contribution >= 4 is 0 Å². The van der Waals surface area contributed by atoms with Crippen LogP contribution in [0.1, 0.15) is 22.3 Å². The van der Waals surface area contributed by atoms with E-state index in [9.17, 15) is 0 Å². The number of benzene rings is 6. The van der Waals surface area contributed by atoms with Gasteiger partial charge >= 0.3 is 0 Å². The molecule has 200 valence electrons. The van der Waals surface area contributed by atoms with Crippen molar-refractivity contribution in [2.75, 3.05) is 0 Å². The molecule has 2 aliphatic carbocycles. The minimum absolute atomic E-state index is 0.354. The minimum atomic E-state index is -0.354. The van der Waals surface area contributed by atoms with Crippen LogP contribution >= 0.6 is 0 Å². The van der Waals surface area contributed by atoms with E-state index in [0.29, 0.717) is 0 Å². The zero-order chi connectivity index (χ0) is 28.4. The molecule has 7 aromatic rings. The molecule has 0 aliphatic heterocycles. The Labute approximate surface area is 251 Å². The maximum Gasteiger partial charge on any atom is 0.0725 e. The molecule has 0 saturated carbocycles. The summed E-state index contributed by atoms with van der Waals surface area (Å²) in [5.41, 5.74) is 17.0. The molecule has 0 unspecified atom stereocenters. The summed E-state index contributed by atoms with van der Waals surface area (Å²) in [6.45, 7) is 0. The normalized spacial score (nSPS) is 13.3. The number of hydrogen-bond acceptors (Lipinski definition) is 1. The predicted octanol–water partition coefficient (Wildman–Crippen LogP) is 10.4. The van der Waals surface area contributed by atoms with E-state index in [2.05, 4.69) is 164 Å². The van der Waals surface area contributed by atoms with E-state index in [1.807, 2.05) is 0 Å². The number of fused-ring (bicyclic) bond motifs is 10. The molecule has 0 amide bonds. The Morgan fingerprint density at radius 1 is 0.326 bits per heavy atom. The van der Waals surface area contributed by atoms with Crippen LogP contribution in [-0.4, -0.2) is 4.98 Å². The minimum Gasteiger partial charge on any atom is -0.248 e. The number of aromatic nitrogens is 1. The highest BCUT2D eigenvalue weighted by Gasteiger charge is 2.51. The first-order valence-corrected chi connectivity index (χ1v) is 14.9. The summed E-state index contributed by atoms with van der Waals surface area (Å²) in [6, 6.07) is 59.5. The molecule has 0 N–H and O–H groups in total. The van der Waals surface area contributed by atoms with Crippen LogP contribution in [0.3, 0.4) is 0 Å². The zero-order valence-corrected chi connectivity index (χ0v) is 23.5. The molecule has 2 aliphatic rings. The van der Waals surface area contributed by atoms with Gasteiger partial charge in [-0.25, -0.2) is 4.98 Å². The van der Waals surface area contributed by atoms with E-state index in [1.54, 1.807) is 0 Å². The van der Waals surface area contributed by atoms with E-state index < -0.39 is 0 Å². The second-order valence-electron chi connectivity index (χ2n) is 11.5. The van der Waals surface area contributed by atoms with Gasteiger partial charge in [-0.1, -0.05) is 152 Å². The van der Waals surface area contributed by atoms with Crippen molar-refractivity contribution in [1.82, 2.24) is 4.98 Å². The lowest BCUT2D eigenvalue weighted by atomic mass is 9.70. The van der Waals surface area contributed by atoms with Crippen molar-refractivity contribution in [3.8, 4) is 55.9 Å². The molecular formula is C42H27N. The molecule has 9 rings (SSSR count). The molecule has 0 saturated heterocycles. The van der Waals surface area contributed by atoms with Crippen molar-refractivity contribution in [3.63, 3.8) is 0 Å². The smallest absolute Gasteiger partial charge is 0.0725 e. The molecule has 6 aromatic carbocycles. The monoisotopic (exact) mass is 545 g/mol. The first-order chi connectivity index (χ1) is 21.3. The van der Waals surface area contributed by atoms with Crippen LogP contribution in [0.2, 0.25) is 0 Å². The molecule has 1 aromatic heterocycles. The lowest BCUT2D eigenvalue weighted by molar-refractivity contribution is 0.794. The maximum atomic E-state index is 5.17. The Hall–Kier alpha value is -5.53. The molecule has 1 heteroatoms. The van der Waals surface area contributed by atoms with Gasteiger partial charge in [-0.2, -0.15) is 0 Å². The Balaban J connectivity index is 1.37. The van der Waals surface area contributed by atoms with Gasteiger partial charge in [-0.3, -0.25) is 0 Å². The van der Waals surface area contributed by atoms with Crippen LogP contribution in [-0.2, 0) is 5.41 Å². The molecule has 1 nitrogen and oxygen atoms in total. The quantitative estimate of drug-likeness (QED) is 0.215. The Bertz CT molecular complexity index is 2070. The van der Waals surface area contributed by atoms with Gasteiger partial charge < -0.3 is 0 Å². The third-order valence-corrected chi connectivity index (χ3v) is 9.30. The van der Waals surface area contributed by atoms with Crippen molar-refractivity contribution in [1.29, 1.82) is 0 Å². The van der Waals surface area contributed by atoms with Crippen LogP contribution in [0, 0.1) is 0 Å². The molecule has 0 radical (unpaired) electrons. The Kier molecular flexibility index (Phi) is 5.18. The topological polar surface area (TPSA) is 12.9 Å². The fraction of sp³-hybridized carbons (Fsp3) is 0.0238. The Morgan fingerprint density at radius 2 is 0.744 bits per heavy atom. The fourth-order valence-corrected chi connectivity index (χ4v) is 7.58. The summed E-state index contributed by atoms with van der Waals surface area (Å²) in [6.07, 6.45) is 0. The summed E-state index contributed by atoms with van der Waals surface area (Å²) in [5.74, 6) is 0. The largest absolute Gasteiger partial charge is 0.248 e. The standard InChI is InChI=1S/C42H27N/c1-3-14-28(15-4-1)39-26-30(27-40(43-39)29-16-5-2-6-17-29)31-21-13-25-38-41(31)34-20-9-12-24-37(34)42(38)35-22-10-7-18-32(35)33-19-8-11-23-36(33)42/h1-27H. The number of hydrogen-bond donors (Lipinski definition) is 0. The number of pyridine rings is 1. The van der Waals surface area contributed by atoms with Gasteiger partial charge in [0.1, 0.15) is 0 Å². The number of rotatable bonds is 3. The summed E-state index contributed by atoms with van der Waals surface area (Å²) >= 11 is 0. The molecule has 1 heterocycles. The third-order valence-electron chi connectivity index (χ3n) is 9.30. The summed E-state index contributed by atoms with van der Waals surface area (Å²) in [5, 5.41) is 0. The third kappa shape index (κ3) is 3.37. The van der Waals surface area contributed by atoms with Gasteiger partial charge in [0.05, 0.1) is 16.8 Å². The van der Waals surface area contributed by atoms with Gasteiger partial charge in [0.2, 0.25) is 0 Å². The van der Waals surface area contributed by atoms with Crippen LogP contribution in [0.4, 0.5) is 0 Å². The molecule has 0 atom stereocenters. The van der Waals surface area contributed by atoms with Gasteiger partial charge in [0, 0.05) is 11.1 Å². The highest BCUT2D eigenvalue weighted by Crippen LogP contribution is 2.63. The first kappa shape index (κ1) is 24.1. The van der Waals surface area contributed by atoms with Gasteiger partial charge in [-0.15, -0.1) is 0 Å². The van der Waals surface area contributed by atoms with E-state index >= 15 is 0 Å². The van der Waals surface area contributed by atoms with Crippen LogP contribution in [0.25, 0.3) is 55.9 Å². The molecule has 0 fully saturated rings. The second-order valence-corrected chi connectivity index (χ2v) is 11.5. The second kappa shape index (κ2) is 9.24. The van der Waals surface area contributed by atoms with Crippen LogP contribution in [0.5, 0.6) is 0 Å². The molecule has 43 heavy (non-hydrogen) atoms. The van der Waals surface area contributed by atoms with E-state index in [-0.39, 0.29) is 5.41 Å². The highest BCUT2D eigenvalue weighted by molar-refractivity contribution is 6.00. The number of nitrogens with zero attached hydrogens (tertiary/aromatic N) is 1. The molecular weight excluding hydrogens is 518 g/mol. The average Bonchev–Trinajstić information content (AvgIpc) is 3.56. The first-order valence-electron chi connectivity index (χ1n) is 14.9. The van der Waals surface area contributed by atoms with Gasteiger partial charge in [0.15, 0.2) is 0 Å². The molecule has 1 spiro atoms. The Morgan fingerprint density at radius 3 is 1.30 bits per heavy atom. The lowest BCUT2D eigenvalue weighted by Crippen LogP contribution is -2.25. The SMILES string of the molecule is c1ccc(-c2cc(-c3cccc4c3-c3ccccc3C43c4ccccc4-c4ccccc43)cc(-c3ccccc3)n2)cc1. The van der Waals surface area contributed by atoms with Crippen molar-refractivity contribution in [2.45, 2.75) is 5.41 Å². The summed E-state index contributed by atoms with van der Waals surface area (Å²) in [4.78, 5) is 5.17. The van der Waals surface area contributed by atoms with Gasteiger partial charge in [0.25, 0.3) is 0 Å². The fourth-order valence-electron chi connectivity index (χ4n) is 7.58. The van der Waals surface area contributed by atoms with Crippen molar-refractivity contribution in [2.24, 2.45) is 0 Å². The van der Waals surface area contributed by atoms with E-state index in [1.165, 1.54) is 55.6 Å². The highest BCUT2D eigenvalue weighted by atomic mass is 14.7. The molecule has 0 bridgehead atoms. The van der Waals surface area contributed by atoms with Crippen LogP contribution < -0.4 is 0 Å². The maximum absolute atomic E-state index is 5.17. The summed E-state index contributed by atoms with van der Waals surface area (Å²) < 4.78 is 0. The average molecular weight is 546 g/mol. The zero-order valence-electron chi connectivity index (χ0n) is 23.5. The van der Waals surface area contributed by atoms with Crippen molar-refractivity contribution in [3.05, 3.63) is 186 Å². The van der Waals surface area contributed by atoms with E-state index in [0.717, 1.165) is 22.5 Å². The lowest BCUT2D eigenvalue weighted by Gasteiger charge is -2.30. The van der Waals surface area contributed by atoms with Gasteiger partial charge in [-0.05, 0) is 67.8 Å². The van der Waals surface area contributed by atoms with Crippen LogP contribution in [0.15, 0.2) is 164 Å². The summed E-state index contributed by atoms with van der Waals surface area (Å²) in [7, 11) is 0. The predicted molar refractivity (Wildman–Crippen MR) is 177 cm³/mol.